The van der Waals surface area contributed by atoms with Crippen LogP contribution in [-0.2, 0) is 9.59 Å². The molecule has 0 aliphatic rings. The van der Waals surface area contributed by atoms with Gasteiger partial charge in [-0.25, -0.2) is 0 Å². The van der Waals surface area contributed by atoms with Crippen molar-refractivity contribution >= 4 is 11.9 Å². The normalized spacial score (nSPS) is 17.5. The summed E-state index contributed by atoms with van der Waals surface area (Å²) in [4.78, 5) is 20.8. The predicted molar refractivity (Wildman–Crippen MR) is 42.5 cm³/mol. The average molecular weight is 208 g/mol. The lowest BCUT2D eigenvalue weighted by molar-refractivity contribution is -0.166. The average Bonchev–Trinajstić information content (AvgIpc) is 2.01. The van der Waals surface area contributed by atoms with Gasteiger partial charge in [0, 0.05) is 0 Å². The minimum atomic E-state index is -2.15. The lowest BCUT2D eigenvalue weighted by atomic mass is 9.95. The summed E-state index contributed by atoms with van der Waals surface area (Å²) in [5.74, 6) is -5.70. The molecule has 0 bridgehead atoms. The van der Waals surface area contributed by atoms with Crippen LogP contribution in [0.3, 0.4) is 0 Å². The van der Waals surface area contributed by atoms with Crippen LogP contribution in [0.15, 0.2) is 0 Å². The number of hydrogen-bond donors (Lipinski definition) is 5. The molecule has 0 fully saturated rings. The van der Waals surface area contributed by atoms with E-state index in [0.29, 0.717) is 0 Å². The highest BCUT2D eigenvalue weighted by molar-refractivity contribution is 5.93. The van der Waals surface area contributed by atoms with Crippen LogP contribution in [0.4, 0.5) is 0 Å². The molecule has 0 aliphatic carbocycles. The van der Waals surface area contributed by atoms with Gasteiger partial charge < -0.3 is 25.5 Å². The molecule has 0 aromatic rings. The predicted octanol–water partition coefficient (Wildman–Crippen LogP) is -2.13. The van der Waals surface area contributed by atoms with E-state index in [1.807, 2.05) is 0 Å². The van der Waals surface area contributed by atoms with Crippen molar-refractivity contribution in [3.63, 3.8) is 0 Å². The van der Waals surface area contributed by atoms with E-state index >= 15 is 0 Å². The molecule has 5 N–H and O–H groups in total. The number of carboxylic acid groups (broad SMARTS) is 2. The molecule has 3 atom stereocenters. The van der Waals surface area contributed by atoms with E-state index in [2.05, 4.69) is 0 Å². The molecule has 0 saturated heterocycles. The Morgan fingerprint density at radius 1 is 0.929 bits per heavy atom. The third-order valence-electron chi connectivity index (χ3n) is 1.72. The number of aliphatic hydroxyl groups excluding tert-OH is 3. The fourth-order valence-corrected chi connectivity index (χ4v) is 0.880. The number of aliphatic carboxylic acids is 2. The van der Waals surface area contributed by atoms with Crippen LogP contribution in [0.25, 0.3) is 0 Å². The highest BCUT2D eigenvalue weighted by Gasteiger charge is 2.39. The van der Waals surface area contributed by atoms with E-state index in [4.69, 9.17) is 25.5 Å². The van der Waals surface area contributed by atoms with Crippen molar-refractivity contribution in [2.75, 3.05) is 0 Å². The fraction of sp³-hybridized carbons (Fsp3) is 0.714. The van der Waals surface area contributed by atoms with Gasteiger partial charge in [-0.3, -0.25) is 9.59 Å². The zero-order chi connectivity index (χ0) is 11.5. The first-order chi connectivity index (χ1) is 6.29. The Bertz CT molecular complexity index is 210. The van der Waals surface area contributed by atoms with Crippen LogP contribution in [0.5, 0.6) is 0 Å². The van der Waals surface area contributed by atoms with Gasteiger partial charge in [-0.1, -0.05) is 0 Å². The Balaban J connectivity index is 4.68. The van der Waals surface area contributed by atoms with Gasteiger partial charge in [-0.2, -0.15) is 0 Å². The zero-order valence-electron chi connectivity index (χ0n) is 7.36. The summed E-state index contributed by atoms with van der Waals surface area (Å²) in [5, 5.41) is 43.8. The van der Waals surface area contributed by atoms with Gasteiger partial charge in [0.2, 0.25) is 0 Å². The third kappa shape index (κ3) is 2.95. The molecule has 0 saturated carbocycles. The second kappa shape index (κ2) is 4.89. The quantitative estimate of drug-likeness (QED) is 0.326. The van der Waals surface area contributed by atoms with Crippen LogP contribution < -0.4 is 0 Å². The summed E-state index contributed by atoms with van der Waals surface area (Å²) >= 11 is 0. The lowest BCUT2D eigenvalue weighted by Crippen LogP contribution is -2.46. The van der Waals surface area contributed by atoms with Crippen molar-refractivity contribution in [3.8, 4) is 0 Å². The lowest BCUT2D eigenvalue weighted by Gasteiger charge is -2.22. The van der Waals surface area contributed by atoms with Crippen molar-refractivity contribution < 1.29 is 35.1 Å². The minimum Gasteiger partial charge on any atom is -0.481 e. The van der Waals surface area contributed by atoms with Crippen LogP contribution in [-0.4, -0.2) is 55.8 Å². The molecule has 0 rings (SSSR count). The Morgan fingerprint density at radius 2 is 1.29 bits per heavy atom. The Morgan fingerprint density at radius 3 is 1.50 bits per heavy atom. The van der Waals surface area contributed by atoms with Crippen molar-refractivity contribution in [2.24, 2.45) is 5.92 Å². The molecular formula is C7H12O7. The second-order valence-electron chi connectivity index (χ2n) is 2.88. The molecule has 0 radical (unpaired) electrons. The van der Waals surface area contributed by atoms with Crippen molar-refractivity contribution in [3.05, 3.63) is 0 Å². The molecule has 0 heterocycles. The van der Waals surface area contributed by atoms with E-state index in [1.165, 1.54) is 0 Å². The van der Waals surface area contributed by atoms with E-state index < -0.39 is 36.2 Å². The molecule has 0 spiro atoms. The summed E-state index contributed by atoms with van der Waals surface area (Å²) in [6.07, 6.45) is -5.27. The first kappa shape index (κ1) is 12.8. The maximum Gasteiger partial charge on any atom is 0.320 e. The molecule has 82 valence electrons. The highest BCUT2D eigenvalue weighted by Crippen LogP contribution is 2.11. The van der Waals surface area contributed by atoms with Crippen LogP contribution in [0.1, 0.15) is 6.92 Å². The fourth-order valence-electron chi connectivity index (χ4n) is 0.880. The Hall–Kier alpha value is -1.18. The number of hydrogen-bond acceptors (Lipinski definition) is 5. The maximum absolute atomic E-state index is 10.4. The van der Waals surface area contributed by atoms with Crippen LogP contribution in [0.2, 0.25) is 0 Å². The summed E-state index contributed by atoms with van der Waals surface area (Å²) in [5.41, 5.74) is 0. The zero-order valence-corrected chi connectivity index (χ0v) is 7.36. The summed E-state index contributed by atoms with van der Waals surface area (Å²) in [7, 11) is 0. The Labute approximate surface area is 79.2 Å². The molecule has 0 aromatic carbocycles. The molecule has 0 aliphatic heterocycles. The molecule has 3 unspecified atom stereocenters. The first-order valence-electron chi connectivity index (χ1n) is 3.78. The van der Waals surface area contributed by atoms with E-state index in [-0.39, 0.29) is 0 Å². The third-order valence-corrected chi connectivity index (χ3v) is 1.72. The second-order valence-corrected chi connectivity index (χ2v) is 2.88. The summed E-state index contributed by atoms with van der Waals surface area (Å²) < 4.78 is 0. The molecule has 14 heavy (non-hydrogen) atoms. The summed E-state index contributed by atoms with van der Waals surface area (Å²) in [6, 6.07) is 0. The molecule has 0 aromatic heterocycles. The van der Waals surface area contributed by atoms with Crippen molar-refractivity contribution in [1.82, 2.24) is 0 Å². The standard InChI is InChI=1S/C7H12O7/c1-2(8)4(9)5(10)3(6(11)12)7(13)14/h2-5,8-10H,1H3,(H,11,12)(H,13,14). The molecule has 7 heteroatoms. The Kier molecular flexibility index (Phi) is 4.48. The van der Waals surface area contributed by atoms with Gasteiger partial charge in [-0.05, 0) is 6.92 Å². The highest BCUT2D eigenvalue weighted by atomic mass is 16.4. The monoisotopic (exact) mass is 208 g/mol. The van der Waals surface area contributed by atoms with Gasteiger partial charge in [-0.15, -0.1) is 0 Å². The minimum absolute atomic E-state index is 1.11. The maximum atomic E-state index is 10.4. The van der Waals surface area contributed by atoms with Crippen LogP contribution >= 0.6 is 0 Å². The SMILES string of the molecule is CC(O)C(O)C(O)C(C(=O)O)C(=O)O. The summed E-state index contributed by atoms with van der Waals surface area (Å²) in [6.45, 7) is 1.11. The topological polar surface area (TPSA) is 135 Å². The van der Waals surface area contributed by atoms with E-state index in [9.17, 15) is 9.59 Å². The number of carboxylic acids is 2. The van der Waals surface area contributed by atoms with E-state index in [0.717, 1.165) is 6.92 Å². The van der Waals surface area contributed by atoms with Gasteiger partial charge in [0.25, 0.3) is 0 Å². The van der Waals surface area contributed by atoms with Crippen LogP contribution in [0, 0.1) is 5.92 Å². The molecule has 0 amide bonds. The first-order valence-corrected chi connectivity index (χ1v) is 3.78. The van der Waals surface area contributed by atoms with Crippen molar-refractivity contribution in [2.45, 2.75) is 25.2 Å². The smallest absolute Gasteiger partial charge is 0.320 e. The van der Waals surface area contributed by atoms with Gasteiger partial charge in [0.1, 0.15) is 12.2 Å². The number of rotatable bonds is 5. The molecular weight excluding hydrogens is 196 g/mol. The van der Waals surface area contributed by atoms with Gasteiger partial charge in [0.05, 0.1) is 6.10 Å². The number of carbonyl (C=O) groups is 2. The van der Waals surface area contributed by atoms with Gasteiger partial charge in [0.15, 0.2) is 5.92 Å². The van der Waals surface area contributed by atoms with E-state index in [1.54, 1.807) is 0 Å². The molecule has 7 nitrogen and oxygen atoms in total. The number of aliphatic hydroxyl groups is 3. The van der Waals surface area contributed by atoms with Gasteiger partial charge >= 0.3 is 11.9 Å². The largest absolute Gasteiger partial charge is 0.481 e. The van der Waals surface area contributed by atoms with Crippen molar-refractivity contribution in [1.29, 1.82) is 0 Å².